The van der Waals surface area contributed by atoms with Crippen LogP contribution < -0.4 is 10.3 Å². The maximum Gasteiger partial charge on any atom is 0.190 e. The predicted octanol–water partition coefficient (Wildman–Crippen LogP) is 4.27. The summed E-state index contributed by atoms with van der Waals surface area (Å²) >= 11 is 0. The highest BCUT2D eigenvalue weighted by Crippen LogP contribution is 2.32. The van der Waals surface area contributed by atoms with Gasteiger partial charge in [-0.3, -0.25) is 4.79 Å². The van der Waals surface area contributed by atoms with Crippen LogP contribution in [0.4, 0.5) is 5.69 Å². The first kappa shape index (κ1) is 16.2. The van der Waals surface area contributed by atoms with Gasteiger partial charge in [-0.1, -0.05) is 5.92 Å². The fourth-order valence-corrected chi connectivity index (χ4v) is 3.34. The molecule has 0 unspecified atom stereocenters. The number of nitrogens with zero attached hydrogens (tertiary/aromatic N) is 2. The highest BCUT2D eigenvalue weighted by molar-refractivity contribution is 5.97. The summed E-state index contributed by atoms with van der Waals surface area (Å²) in [5.74, 6) is 3.08. The van der Waals surface area contributed by atoms with Gasteiger partial charge in [0, 0.05) is 47.2 Å². The lowest BCUT2D eigenvalue weighted by molar-refractivity contribution is 0.613. The molecule has 0 amide bonds. The van der Waals surface area contributed by atoms with Gasteiger partial charge < -0.3 is 9.32 Å². The van der Waals surface area contributed by atoms with E-state index in [1.54, 1.807) is 12.1 Å². The fourth-order valence-electron chi connectivity index (χ4n) is 3.34. The summed E-state index contributed by atoms with van der Waals surface area (Å²) in [6.07, 6.45) is 5.51. The first-order chi connectivity index (χ1) is 12.6. The van der Waals surface area contributed by atoms with E-state index >= 15 is 0 Å². The van der Waals surface area contributed by atoms with Crippen LogP contribution in [0.5, 0.6) is 0 Å². The summed E-state index contributed by atoms with van der Waals surface area (Å²) in [6.45, 7) is 6.05. The van der Waals surface area contributed by atoms with Crippen molar-refractivity contribution in [3.63, 3.8) is 0 Å². The second-order valence-electron chi connectivity index (χ2n) is 6.16. The topological polar surface area (TPSA) is 46.3 Å². The number of fused-ring (bicyclic) bond motifs is 4. The van der Waals surface area contributed by atoms with E-state index in [1.807, 2.05) is 24.3 Å². The second-order valence-corrected chi connectivity index (χ2v) is 6.16. The minimum absolute atomic E-state index is 0.0964. The number of terminal acetylenes is 1. The van der Waals surface area contributed by atoms with Crippen LogP contribution >= 0.6 is 0 Å². The van der Waals surface area contributed by atoms with Gasteiger partial charge >= 0.3 is 0 Å². The maximum absolute atomic E-state index is 12.4. The predicted molar refractivity (Wildman–Crippen MR) is 106 cm³/mol. The van der Waals surface area contributed by atoms with E-state index in [1.165, 1.54) is 6.07 Å². The molecule has 128 valence electrons. The standard InChI is InChI=1S/C22H18N2O2/c1-4-14-7-9-16-17(11-14)22-21(13-19(16)25)26-20-12-15(24(5-2)6-3)8-10-18(20)23-22/h1,7-13H,5-6H2,2-3H3. The lowest BCUT2D eigenvalue weighted by Crippen LogP contribution is -2.21. The third-order valence-electron chi connectivity index (χ3n) is 4.73. The first-order valence-corrected chi connectivity index (χ1v) is 8.67. The van der Waals surface area contributed by atoms with Crippen molar-refractivity contribution in [2.75, 3.05) is 18.0 Å². The van der Waals surface area contributed by atoms with Crippen molar-refractivity contribution < 1.29 is 4.42 Å². The molecule has 2 aromatic rings. The molecule has 4 rings (SSSR count). The number of rotatable bonds is 3. The molecule has 0 atom stereocenters. The lowest BCUT2D eigenvalue weighted by atomic mass is 10.0. The fraction of sp³-hybridized carbons (Fsp3) is 0.182. The number of hydrogen-bond acceptors (Lipinski definition) is 4. The molecular formula is C22H18N2O2. The van der Waals surface area contributed by atoms with Crippen LogP contribution in [0.1, 0.15) is 19.4 Å². The van der Waals surface area contributed by atoms with Crippen molar-refractivity contribution in [1.82, 2.24) is 4.98 Å². The Bertz CT molecular complexity index is 1200. The number of hydrogen-bond donors (Lipinski definition) is 0. The Balaban J connectivity index is 2.03. The van der Waals surface area contributed by atoms with E-state index in [9.17, 15) is 4.79 Å². The van der Waals surface area contributed by atoms with Gasteiger partial charge in [-0.05, 0) is 44.2 Å². The Morgan fingerprint density at radius 1 is 1.08 bits per heavy atom. The Kier molecular flexibility index (Phi) is 3.85. The van der Waals surface area contributed by atoms with Crippen molar-refractivity contribution in [1.29, 1.82) is 0 Å². The van der Waals surface area contributed by atoms with Gasteiger partial charge in [-0.2, -0.15) is 0 Å². The van der Waals surface area contributed by atoms with Crippen molar-refractivity contribution in [3.05, 3.63) is 58.3 Å². The summed E-state index contributed by atoms with van der Waals surface area (Å²) in [5, 5.41) is 1.32. The van der Waals surface area contributed by atoms with Crippen LogP contribution in [0.3, 0.4) is 0 Å². The zero-order valence-electron chi connectivity index (χ0n) is 14.7. The molecule has 2 aliphatic rings. The van der Waals surface area contributed by atoms with Crippen LogP contribution in [0.25, 0.3) is 33.3 Å². The maximum atomic E-state index is 12.4. The van der Waals surface area contributed by atoms with Crippen molar-refractivity contribution >= 4 is 27.6 Å². The molecule has 1 heterocycles. The second kappa shape index (κ2) is 6.20. The van der Waals surface area contributed by atoms with Gasteiger partial charge in [0.25, 0.3) is 0 Å². The molecule has 2 aromatic carbocycles. The van der Waals surface area contributed by atoms with Gasteiger partial charge in [0.1, 0.15) is 11.2 Å². The lowest BCUT2D eigenvalue weighted by Gasteiger charge is -2.21. The van der Waals surface area contributed by atoms with E-state index in [-0.39, 0.29) is 5.43 Å². The van der Waals surface area contributed by atoms with E-state index in [4.69, 9.17) is 15.8 Å². The molecule has 0 saturated carbocycles. The number of anilines is 1. The highest BCUT2D eigenvalue weighted by Gasteiger charge is 2.16. The van der Waals surface area contributed by atoms with Crippen LogP contribution in [0, 0.1) is 12.3 Å². The average Bonchev–Trinajstić information content (AvgIpc) is 2.67. The van der Waals surface area contributed by atoms with Crippen molar-refractivity contribution in [2.45, 2.75) is 13.8 Å². The SMILES string of the molecule is C#Cc1ccc2c(=O)cc3oc4cc(N(CC)CC)ccc4nc-3c2c1. The molecule has 1 aliphatic heterocycles. The molecular weight excluding hydrogens is 324 g/mol. The van der Waals surface area contributed by atoms with Gasteiger partial charge in [0.05, 0.1) is 0 Å². The Morgan fingerprint density at radius 3 is 2.62 bits per heavy atom. The minimum Gasteiger partial charge on any atom is -0.453 e. The Labute approximate surface area is 151 Å². The number of aromatic nitrogens is 1. The van der Waals surface area contributed by atoms with Crippen molar-refractivity contribution in [3.8, 4) is 23.8 Å². The van der Waals surface area contributed by atoms with Gasteiger partial charge in [-0.15, -0.1) is 6.42 Å². The van der Waals surface area contributed by atoms with E-state index in [2.05, 4.69) is 24.7 Å². The van der Waals surface area contributed by atoms with E-state index in [0.29, 0.717) is 28.0 Å². The van der Waals surface area contributed by atoms with Gasteiger partial charge in [0.15, 0.2) is 16.8 Å². The zero-order valence-corrected chi connectivity index (χ0v) is 14.7. The summed E-state index contributed by atoms with van der Waals surface area (Å²) in [7, 11) is 0. The van der Waals surface area contributed by atoms with Crippen LogP contribution in [-0.2, 0) is 0 Å². The molecule has 0 aromatic heterocycles. The molecule has 4 heteroatoms. The quantitative estimate of drug-likeness (QED) is 0.317. The summed E-state index contributed by atoms with van der Waals surface area (Å²) < 4.78 is 6.05. The largest absolute Gasteiger partial charge is 0.453 e. The summed E-state index contributed by atoms with van der Waals surface area (Å²) in [6, 6.07) is 12.8. The Morgan fingerprint density at radius 2 is 1.88 bits per heavy atom. The average molecular weight is 342 g/mol. The summed E-state index contributed by atoms with van der Waals surface area (Å²) in [4.78, 5) is 19.4. The molecule has 1 aliphatic carbocycles. The third-order valence-corrected chi connectivity index (χ3v) is 4.73. The molecule has 26 heavy (non-hydrogen) atoms. The molecule has 0 spiro atoms. The third kappa shape index (κ3) is 2.49. The molecule has 0 fully saturated rings. The van der Waals surface area contributed by atoms with Gasteiger partial charge in [0.2, 0.25) is 0 Å². The molecule has 0 bridgehead atoms. The van der Waals surface area contributed by atoms with Crippen molar-refractivity contribution in [2.24, 2.45) is 0 Å². The molecule has 0 saturated heterocycles. The minimum atomic E-state index is -0.0964. The monoisotopic (exact) mass is 342 g/mol. The van der Waals surface area contributed by atoms with Crippen LogP contribution in [-0.4, -0.2) is 18.1 Å². The molecule has 0 radical (unpaired) electrons. The van der Waals surface area contributed by atoms with E-state index in [0.717, 1.165) is 29.7 Å². The zero-order chi connectivity index (χ0) is 18.3. The normalized spacial score (nSPS) is 11.1. The first-order valence-electron chi connectivity index (χ1n) is 8.67. The smallest absolute Gasteiger partial charge is 0.190 e. The molecule has 4 nitrogen and oxygen atoms in total. The Hall–Kier alpha value is -3.32. The van der Waals surface area contributed by atoms with Crippen LogP contribution in [0.2, 0.25) is 0 Å². The molecule has 0 N–H and O–H groups in total. The van der Waals surface area contributed by atoms with E-state index < -0.39 is 0 Å². The highest BCUT2D eigenvalue weighted by atomic mass is 16.3. The van der Waals surface area contributed by atoms with Crippen LogP contribution in [0.15, 0.2) is 51.7 Å². The summed E-state index contributed by atoms with van der Waals surface area (Å²) in [5.41, 5.74) is 3.75. The number of benzene rings is 3. The van der Waals surface area contributed by atoms with Gasteiger partial charge in [-0.25, -0.2) is 4.98 Å².